The van der Waals surface area contributed by atoms with Gasteiger partial charge in [0.25, 0.3) is 0 Å². The van der Waals surface area contributed by atoms with Gasteiger partial charge in [-0.3, -0.25) is 0 Å². The third-order valence-electron chi connectivity index (χ3n) is 3.76. The van der Waals surface area contributed by atoms with E-state index < -0.39 is 0 Å². The lowest BCUT2D eigenvalue weighted by atomic mass is 10.0. The van der Waals surface area contributed by atoms with Crippen molar-refractivity contribution in [1.29, 1.82) is 0 Å². The summed E-state index contributed by atoms with van der Waals surface area (Å²) >= 11 is 1.89. The molecule has 1 fully saturated rings. The average molecular weight is 253 g/mol. The van der Waals surface area contributed by atoms with Crippen LogP contribution in [0.5, 0.6) is 0 Å². The van der Waals surface area contributed by atoms with Gasteiger partial charge in [0.2, 0.25) is 0 Å². The second kappa shape index (κ2) is 4.99. The zero-order valence-electron chi connectivity index (χ0n) is 10.7. The summed E-state index contributed by atoms with van der Waals surface area (Å²) in [6, 6.07) is 7.76. The molecule has 1 saturated heterocycles. The van der Waals surface area contributed by atoms with Crippen molar-refractivity contribution < 1.29 is 4.39 Å². The number of nitrogens with one attached hydrogen (secondary N) is 1. The summed E-state index contributed by atoms with van der Waals surface area (Å²) < 4.78 is 13.4. The van der Waals surface area contributed by atoms with Crippen molar-refractivity contribution in [3.8, 4) is 0 Å². The summed E-state index contributed by atoms with van der Waals surface area (Å²) in [5.74, 6) is -0.142. The van der Waals surface area contributed by atoms with Crippen LogP contribution in [0.15, 0.2) is 24.3 Å². The van der Waals surface area contributed by atoms with Crippen LogP contribution in [0.4, 0.5) is 4.39 Å². The van der Waals surface area contributed by atoms with Gasteiger partial charge < -0.3 is 5.32 Å². The van der Waals surface area contributed by atoms with Gasteiger partial charge in [-0.1, -0.05) is 12.1 Å². The Balaban J connectivity index is 2.08. The molecule has 0 saturated carbocycles. The van der Waals surface area contributed by atoms with Gasteiger partial charge in [-0.2, -0.15) is 11.8 Å². The smallest absolute Gasteiger partial charge is 0.123 e. The lowest BCUT2D eigenvalue weighted by molar-refractivity contribution is 0.467. The van der Waals surface area contributed by atoms with Gasteiger partial charge in [-0.15, -0.1) is 0 Å². The van der Waals surface area contributed by atoms with E-state index >= 15 is 0 Å². The van der Waals surface area contributed by atoms with Crippen molar-refractivity contribution in [2.45, 2.75) is 43.5 Å². The summed E-state index contributed by atoms with van der Waals surface area (Å²) in [7, 11) is 0. The molecule has 1 unspecified atom stereocenters. The fourth-order valence-electron chi connectivity index (χ4n) is 2.42. The molecule has 2 rings (SSSR count). The van der Waals surface area contributed by atoms with Crippen molar-refractivity contribution in [2.75, 3.05) is 6.26 Å². The fourth-order valence-corrected chi connectivity index (χ4v) is 2.89. The standard InChI is InChI=1S/C14H20FNS/c1-14(2,17-3)13-8-7-12(16-13)10-5-4-6-11(15)9-10/h4-6,9,12-13,16H,7-8H2,1-3H3/t12-,13?/m0/s1. The summed E-state index contributed by atoms with van der Waals surface area (Å²) in [5, 5.41) is 3.64. The Hall–Kier alpha value is -0.540. The molecule has 0 aliphatic carbocycles. The van der Waals surface area contributed by atoms with Gasteiger partial charge in [0, 0.05) is 16.8 Å². The molecule has 1 aromatic rings. The monoisotopic (exact) mass is 253 g/mol. The van der Waals surface area contributed by atoms with Crippen molar-refractivity contribution in [2.24, 2.45) is 0 Å². The van der Waals surface area contributed by atoms with Crippen LogP contribution in [0.25, 0.3) is 0 Å². The average Bonchev–Trinajstić information content (AvgIpc) is 2.79. The molecule has 0 radical (unpaired) electrons. The topological polar surface area (TPSA) is 12.0 Å². The molecule has 1 aromatic carbocycles. The van der Waals surface area contributed by atoms with Crippen molar-refractivity contribution in [1.82, 2.24) is 5.32 Å². The number of hydrogen-bond donors (Lipinski definition) is 1. The maximum atomic E-state index is 13.2. The maximum absolute atomic E-state index is 13.2. The quantitative estimate of drug-likeness (QED) is 0.880. The van der Waals surface area contributed by atoms with E-state index in [9.17, 15) is 4.39 Å². The number of benzene rings is 1. The van der Waals surface area contributed by atoms with Gasteiger partial charge in [0.15, 0.2) is 0 Å². The summed E-state index contributed by atoms with van der Waals surface area (Å²) in [4.78, 5) is 0. The Bertz CT molecular complexity index is 392. The van der Waals surface area contributed by atoms with Gasteiger partial charge >= 0.3 is 0 Å². The van der Waals surface area contributed by atoms with E-state index in [4.69, 9.17) is 0 Å². The van der Waals surface area contributed by atoms with Gasteiger partial charge in [-0.25, -0.2) is 4.39 Å². The molecular weight excluding hydrogens is 233 g/mol. The first-order valence-electron chi connectivity index (χ1n) is 6.09. The number of thioether (sulfide) groups is 1. The van der Waals surface area contributed by atoms with Crippen LogP contribution in [0, 0.1) is 5.82 Å². The summed E-state index contributed by atoms with van der Waals surface area (Å²) in [6.45, 7) is 4.53. The number of halogens is 1. The molecule has 0 bridgehead atoms. The zero-order chi connectivity index (χ0) is 12.5. The van der Waals surface area contributed by atoms with Crippen molar-refractivity contribution in [3.63, 3.8) is 0 Å². The van der Waals surface area contributed by atoms with Crippen LogP contribution in [0.3, 0.4) is 0 Å². The van der Waals surface area contributed by atoms with E-state index in [-0.39, 0.29) is 10.6 Å². The molecule has 2 atom stereocenters. The van der Waals surface area contributed by atoms with Gasteiger partial charge in [0.05, 0.1) is 0 Å². The molecule has 17 heavy (non-hydrogen) atoms. The van der Waals surface area contributed by atoms with Crippen LogP contribution in [0.1, 0.15) is 38.3 Å². The SMILES string of the molecule is CSC(C)(C)C1CC[C@@H](c2cccc(F)c2)N1. The third kappa shape index (κ3) is 2.83. The number of rotatable bonds is 3. The minimum atomic E-state index is -0.142. The van der Waals surface area contributed by atoms with Crippen molar-refractivity contribution in [3.05, 3.63) is 35.6 Å². The lowest BCUT2D eigenvalue weighted by Crippen LogP contribution is -2.40. The van der Waals surface area contributed by atoms with Gasteiger partial charge in [0.1, 0.15) is 5.82 Å². The molecule has 1 heterocycles. The third-order valence-corrected chi connectivity index (χ3v) is 5.10. The van der Waals surface area contributed by atoms with E-state index in [0.717, 1.165) is 18.4 Å². The van der Waals surface area contributed by atoms with Crippen LogP contribution in [-0.4, -0.2) is 17.0 Å². The van der Waals surface area contributed by atoms with E-state index in [0.29, 0.717) is 12.1 Å². The minimum absolute atomic E-state index is 0.142. The molecule has 0 amide bonds. The van der Waals surface area contributed by atoms with Crippen molar-refractivity contribution >= 4 is 11.8 Å². The second-order valence-electron chi connectivity index (χ2n) is 5.21. The molecule has 3 heteroatoms. The zero-order valence-corrected chi connectivity index (χ0v) is 11.5. The first-order chi connectivity index (χ1) is 8.03. The first kappa shape index (κ1) is 12.9. The van der Waals surface area contributed by atoms with E-state index in [1.807, 2.05) is 17.8 Å². The molecule has 0 spiro atoms. The first-order valence-corrected chi connectivity index (χ1v) is 7.32. The van der Waals surface area contributed by atoms with Crippen LogP contribution in [-0.2, 0) is 0 Å². The van der Waals surface area contributed by atoms with Gasteiger partial charge in [-0.05, 0) is 50.6 Å². The largest absolute Gasteiger partial charge is 0.306 e. The molecule has 1 nitrogen and oxygen atoms in total. The normalized spacial score (nSPS) is 25.2. The Kier molecular flexibility index (Phi) is 3.79. The highest BCUT2D eigenvalue weighted by atomic mass is 32.2. The highest BCUT2D eigenvalue weighted by molar-refractivity contribution is 8.00. The highest BCUT2D eigenvalue weighted by Gasteiger charge is 2.35. The van der Waals surface area contributed by atoms with Crippen LogP contribution >= 0.6 is 11.8 Å². The maximum Gasteiger partial charge on any atom is 0.123 e. The Morgan fingerprint density at radius 3 is 2.76 bits per heavy atom. The summed E-state index contributed by atoms with van der Waals surface area (Å²) in [5.41, 5.74) is 1.07. The molecule has 1 aliphatic heterocycles. The predicted molar refractivity (Wildman–Crippen MR) is 72.9 cm³/mol. The molecule has 1 aliphatic rings. The molecule has 94 valence electrons. The summed E-state index contributed by atoms with van der Waals surface area (Å²) in [6.07, 6.45) is 4.41. The second-order valence-corrected chi connectivity index (χ2v) is 6.67. The molecule has 1 N–H and O–H groups in total. The Morgan fingerprint density at radius 1 is 1.35 bits per heavy atom. The van der Waals surface area contributed by atoms with E-state index in [1.54, 1.807) is 12.1 Å². The predicted octanol–water partition coefficient (Wildman–Crippen LogP) is 3.76. The Labute approximate surface area is 107 Å². The molecular formula is C14H20FNS. The lowest BCUT2D eigenvalue weighted by Gasteiger charge is -2.30. The number of hydrogen-bond acceptors (Lipinski definition) is 2. The van der Waals surface area contributed by atoms with E-state index in [1.165, 1.54) is 6.07 Å². The van der Waals surface area contributed by atoms with E-state index in [2.05, 4.69) is 25.4 Å². The fraction of sp³-hybridized carbons (Fsp3) is 0.571. The van der Waals surface area contributed by atoms with Crippen LogP contribution in [0.2, 0.25) is 0 Å². The Morgan fingerprint density at radius 2 is 2.12 bits per heavy atom. The highest BCUT2D eigenvalue weighted by Crippen LogP contribution is 2.36. The van der Waals surface area contributed by atoms with Crippen LogP contribution < -0.4 is 5.32 Å². The molecule has 0 aromatic heterocycles. The minimum Gasteiger partial charge on any atom is -0.306 e.